The molecule has 2 aliphatic rings. The molecule has 1 atom stereocenters. The fraction of sp³-hybridized carbons (Fsp3) is 0.917. The fourth-order valence-electron chi connectivity index (χ4n) is 2.68. The first-order valence-electron chi connectivity index (χ1n) is 6.78. The van der Waals surface area contributed by atoms with Crippen molar-refractivity contribution in [1.82, 2.24) is 10.2 Å². The van der Waals surface area contributed by atoms with Crippen molar-refractivity contribution in [3.8, 4) is 0 Å². The second-order valence-corrected chi connectivity index (χ2v) is 8.66. The van der Waals surface area contributed by atoms with Crippen LogP contribution < -0.4 is 5.32 Å². The standard InChI is InChI=1S/C12H22N2O3S2/c1-19(16,17)12-9-18-7-6-14(12)11(15)8-13-10-4-2-3-5-10/h10,12-13H,2-9H2,1H3. The number of sulfone groups is 1. The van der Waals surface area contributed by atoms with E-state index in [0.717, 1.165) is 18.6 Å². The Morgan fingerprint density at radius 3 is 2.68 bits per heavy atom. The molecule has 1 N–H and O–H groups in total. The molecule has 1 saturated carbocycles. The molecule has 0 bridgehead atoms. The first-order valence-corrected chi connectivity index (χ1v) is 9.89. The van der Waals surface area contributed by atoms with Crippen LogP contribution in [-0.4, -0.2) is 61.5 Å². The van der Waals surface area contributed by atoms with Gasteiger partial charge in [-0.2, -0.15) is 11.8 Å². The lowest BCUT2D eigenvalue weighted by atomic mass is 10.2. The normalized spacial score (nSPS) is 25.7. The SMILES string of the molecule is CS(=O)(=O)C1CSCCN1C(=O)CNC1CCCC1. The summed E-state index contributed by atoms with van der Waals surface area (Å²) in [7, 11) is -3.20. The Morgan fingerprint density at radius 2 is 2.05 bits per heavy atom. The Labute approximate surface area is 119 Å². The van der Waals surface area contributed by atoms with Gasteiger partial charge in [-0.15, -0.1) is 0 Å². The van der Waals surface area contributed by atoms with Gasteiger partial charge in [0.05, 0.1) is 6.54 Å². The molecule has 7 heteroatoms. The molecule has 0 aromatic rings. The van der Waals surface area contributed by atoms with Crippen molar-refractivity contribution in [3.05, 3.63) is 0 Å². The lowest BCUT2D eigenvalue weighted by molar-refractivity contribution is -0.130. The third kappa shape index (κ3) is 4.10. The maximum Gasteiger partial charge on any atom is 0.237 e. The van der Waals surface area contributed by atoms with Gasteiger partial charge in [0.15, 0.2) is 9.84 Å². The van der Waals surface area contributed by atoms with Gasteiger partial charge in [-0.1, -0.05) is 12.8 Å². The van der Waals surface area contributed by atoms with Gasteiger partial charge in [0.2, 0.25) is 5.91 Å². The van der Waals surface area contributed by atoms with Crippen LogP contribution >= 0.6 is 11.8 Å². The Morgan fingerprint density at radius 1 is 1.37 bits per heavy atom. The number of carbonyl (C=O) groups is 1. The van der Waals surface area contributed by atoms with E-state index in [9.17, 15) is 13.2 Å². The maximum absolute atomic E-state index is 12.2. The number of amides is 1. The van der Waals surface area contributed by atoms with E-state index in [0.29, 0.717) is 18.3 Å². The van der Waals surface area contributed by atoms with Crippen LogP contribution in [0.25, 0.3) is 0 Å². The van der Waals surface area contributed by atoms with E-state index < -0.39 is 15.2 Å². The fourth-order valence-corrected chi connectivity index (χ4v) is 5.52. The molecule has 2 fully saturated rings. The van der Waals surface area contributed by atoms with E-state index in [2.05, 4.69) is 5.32 Å². The highest BCUT2D eigenvalue weighted by molar-refractivity contribution is 8.00. The van der Waals surface area contributed by atoms with Crippen LogP contribution in [0, 0.1) is 0 Å². The van der Waals surface area contributed by atoms with Gasteiger partial charge in [-0.05, 0) is 12.8 Å². The quantitative estimate of drug-likeness (QED) is 0.817. The number of nitrogens with one attached hydrogen (secondary N) is 1. The summed E-state index contributed by atoms with van der Waals surface area (Å²) in [6.07, 6.45) is 5.90. The predicted octanol–water partition coefficient (Wildman–Crippen LogP) is 0.465. The Bertz CT molecular complexity index is 419. The van der Waals surface area contributed by atoms with Crippen molar-refractivity contribution in [2.45, 2.75) is 37.1 Å². The number of hydrogen-bond acceptors (Lipinski definition) is 5. The van der Waals surface area contributed by atoms with Crippen molar-refractivity contribution < 1.29 is 13.2 Å². The third-order valence-electron chi connectivity index (χ3n) is 3.80. The summed E-state index contributed by atoms with van der Waals surface area (Å²) in [5.74, 6) is 1.23. The summed E-state index contributed by atoms with van der Waals surface area (Å²) >= 11 is 1.60. The molecule has 1 aliphatic carbocycles. The molecule has 0 aromatic carbocycles. The summed E-state index contributed by atoms with van der Waals surface area (Å²) in [6, 6.07) is 0.430. The molecule has 1 heterocycles. The van der Waals surface area contributed by atoms with Crippen molar-refractivity contribution in [3.63, 3.8) is 0 Å². The smallest absolute Gasteiger partial charge is 0.237 e. The van der Waals surface area contributed by atoms with Crippen LogP contribution in [0.5, 0.6) is 0 Å². The van der Waals surface area contributed by atoms with Crippen LogP contribution in [0.3, 0.4) is 0 Å². The second kappa shape index (κ2) is 6.45. The average molecular weight is 306 g/mol. The van der Waals surface area contributed by atoms with Crippen molar-refractivity contribution >= 4 is 27.5 Å². The number of rotatable bonds is 4. The molecule has 0 spiro atoms. The van der Waals surface area contributed by atoms with Crippen molar-refractivity contribution in [2.75, 3.05) is 30.9 Å². The van der Waals surface area contributed by atoms with Gasteiger partial charge in [-0.25, -0.2) is 8.42 Å². The van der Waals surface area contributed by atoms with Crippen LogP contribution in [0.1, 0.15) is 25.7 Å². The molecule has 1 aliphatic heterocycles. The Balaban J connectivity index is 1.91. The van der Waals surface area contributed by atoms with Crippen LogP contribution in [0.4, 0.5) is 0 Å². The van der Waals surface area contributed by atoms with Gasteiger partial charge in [-0.3, -0.25) is 4.79 Å². The highest BCUT2D eigenvalue weighted by Gasteiger charge is 2.34. The van der Waals surface area contributed by atoms with Gasteiger partial charge in [0, 0.05) is 30.3 Å². The number of carbonyl (C=O) groups excluding carboxylic acids is 1. The average Bonchev–Trinajstić information content (AvgIpc) is 2.88. The maximum atomic E-state index is 12.2. The molecule has 5 nitrogen and oxygen atoms in total. The topological polar surface area (TPSA) is 66.5 Å². The highest BCUT2D eigenvalue weighted by Crippen LogP contribution is 2.21. The molecule has 1 amide bonds. The summed E-state index contributed by atoms with van der Waals surface area (Å²) in [5, 5.41) is 2.61. The third-order valence-corrected chi connectivity index (χ3v) is 6.44. The lowest BCUT2D eigenvalue weighted by Crippen LogP contribution is -2.52. The monoisotopic (exact) mass is 306 g/mol. The van der Waals surface area contributed by atoms with E-state index in [4.69, 9.17) is 0 Å². The molecule has 19 heavy (non-hydrogen) atoms. The molecule has 0 radical (unpaired) electrons. The summed E-state index contributed by atoms with van der Waals surface area (Å²) < 4.78 is 23.5. The lowest BCUT2D eigenvalue weighted by Gasteiger charge is -2.34. The minimum Gasteiger partial charge on any atom is -0.323 e. The van der Waals surface area contributed by atoms with E-state index in [-0.39, 0.29) is 12.5 Å². The molecular formula is C12H22N2O3S2. The molecular weight excluding hydrogens is 284 g/mol. The molecule has 1 unspecified atom stereocenters. The number of hydrogen-bond donors (Lipinski definition) is 1. The van der Waals surface area contributed by atoms with Crippen molar-refractivity contribution in [2.24, 2.45) is 0 Å². The number of nitrogens with zero attached hydrogens (tertiary/aromatic N) is 1. The van der Waals surface area contributed by atoms with Gasteiger partial charge in [0.1, 0.15) is 5.37 Å². The second-order valence-electron chi connectivity index (χ2n) is 5.31. The molecule has 110 valence electrons. The molecule has 0 aromatic heterocycles. The van der Waals surface area contributed by atoms with Crippen molar-refractivity contribution in [1.29, 1.82) is 0 Å². The predicted molar refractivity (Wildman–Crippen MR) is 77.9 cm³/mol. The van der Waals surface area contributed by atoms with Gasteiger partial charge in [0.25, 0.3) is 0 Å². The minimum absolute atomic E-state index is 0.0809. The van der Waals surface area contributed by atoms with E-state index in [1.807, 2.05) is 0 Å². The summed E-state index contributed by atoms with van der Waals surface area (Å²) in [6.45, 7) is 0.801. The first-order chi connectivity index (χ1) is 8.98. The summed E-state index contributed by atoms with van der Waals surface area (Å²) in [5.41, 5.74) is 0. The van der Waals surface area contributed by atoms with Crippen LogP contribution in [0.2, 0.25) is 0 Å². The zero-order chi connectivity index (χ0) is 13.9. The summed E-state index contributed by atoms with van der Waals surface area (Å²) in [4.78, 5) is 13.7. The van der Waals surface area contributed by atoms with E-state index >= 15 is 0 Å². The van der Waals surface area contributed by atoms with Gasteiger partial charge >= 0.3 is 0 Å². The Hall–Kier alpha value is -0.270. The first kappa shape index (κ1) is 15.1. The Kier molecular flexibility index (Phi) is 5.14. The van der Waals surface area contributed by atoms with Crippen LogP contribution in [0.15, 0.2) is 0 Å². The van der Waals surface area contributed by atoms with Crippen LogP contribution in [-0.2, 0) is 14.6 Å². The molecule has 2 rings (SSSR count). The highest BCUT2D eigenvalue weighted by atomic mass is 32.2. The zero-order valence-corrected chi connectivity index (χ0v) is 12.9. The molecule has 1 saturated heterocycles. The van der Waals surface area contributed by atoms with Gasteiger partial charge < -0.3 is 10.2 Å². The van der Waals surface area contributed by atoms with E-state index in [1.54, 1.807) is 11.8 Å². The number of thioether (sulfide) groups is 1. The minimum atomic E-state index is -3.20. The van der Waals surface area contributed by atoms with E-state index in [1.165, 1.54) is 24.0 Å². The zero-order valence-electron chi connectivity index (χ0n) is 11.3. The largest absolute Gasteiger partial charge is 0.323 e.